The second-order valence-electron chi connectivity index (χ2n) is 3.49. The van der Waals surface area contributed by atoms with Crippen molar-refractivity contribution in [1.29, 1.82) is 0 Å². The van der Waals surface area contributed by atoms with Gasteiger partial charge in [-0.15, -0.1) is 6.58 Å². The topological polar surface area (TPSA) is 77.8 Å². The number of allylic oxidation sites excluding steroid dienone is 1. The number of carbonyl (C=O) groups is 1. The number of carboxylic acids is 1. The number of unbranched alkanes of at least 4 members (excludes halogenated alkanes) is 1. The van der Waals surface area contributed by atoms with Gasteiger partial charge < -0.3 is 15.3 Å². The summed E-state index contributed by atoms with van der Waals surface area (Å²) < 4.78 is 0. The Kier molecular flexibility index (Phi) is 3.94. The molecule has 0 saturated heterocycles. The van der Waals surface area contributed by atoms with Gasteiger partial charge >= 0.3 is 5.97 Å². The molecule has 0 spiro atoms. The van der Waals surface area contributed by atoms with Crippen molar-refractivity contribution in [2.75, 3.05) is 0 Å². The van der Waals surface area contributed by atoms with Gasteiger partial charge in [0, 0.05) is 6.07 Å². The maximum atomic E-state index is 10.9. The van der Waals surface area contributed by atoms with Gasteiger partial charge in [0.05, 0.1) is 0 Å². The van der Waals surface area contributed by atoms with Gasteiger partial charge in [0.15, 0.2) is 0 Å². The number of carboxylic acid groups (broad SMARTS) is 1. The molecular weight excluding hydrogens is 208 g/mol. The summed E-state index contributed by atoms with van der Waals surface area (Å²) in [6, 6.07) is 2.40. The first kappa shape index (κ1) is 12.1. The van der Waals surface area contributed by atoms with Crippen LogP contribution in [0.25, 0.3) is 0 Å². The van der Waals surface area contributed by atoms with Gasteiger partial charge in [0.2, 0.25) is 0 Å². The summed E-state index contributed by atoms with van der Waals surface area (Å²) in [5, 5.41) is 27.7. The van der Waals surface area contributed by atoms with E-state index >= 15 is 0 Å². The van der Waals surface area contributed by atoms with E-state index in [-0.39, 0.29) is 11.3 Å². The molecule has 0 heterocycles. The van der Waals surface area contributed by atoms with Gasteiger partial charge in [-0.3, -0.25) is 0 Å². The fourth-order valence-corrected chi connectivity index (χ4v) is 1.55. The summed E-state index contributed by atoms with van der Waals surface area (Å²) in [5.74, 6) is -1.72. The minimum atomic E-state index is -1.19. The Hall–Kier alpha value is -1.97. The van der Waals surface area contributed by atoms with Crippen LogP contribution in [-0.2, 0) is 6.42 Å². The molecule has 16 heavy (non-hydrogen) atoms. The van der Waals surface area contributed by atoms with Crippen molar-refractivity contribution in [3.63, 3.8) is 0 Å². The maximum Gasteiger partial charge on any atom is 0.339 e. The molecule has 0 unspecified atom stereocenters. The molecule has 86 valence electrons. The maximum absolute atomic E-state index is 10.9. The lowest BCUT2D eigenvalue weighted by molar-refractivity contribution is 0.0692. The average Bonchev–Trinajstić information content (AvgIpc) is 2.16. The van der Waals surface area contributed by atoms with E-state index < -0.39 is 11.7 Å². The van der Waals surface area contributed by atoms with Crippen LogP contribution in [0.3, 0.4) is 0 Å². The number of phenolic OH excluding ortho intramolecular Hbond substituents is 1. The third kappa shape index (κ3) is 2.76. The highest BCUT2D eigenvalue weighted by molar-refractivity contribution is 5.92. The summed E-state index contributed by atoms with van der Waals surface area (Å²) in [4.78, 5) is 10.9. The van der Waals surface area contributed by atoms with Crippen molar-refractivity contribution in [2.24, 2.45) is 0 Å². The van der Waals surface area contributed by atoms with Crippen LogP contribution in [0.15, 0.2) is 24.8 Å². The van der Waals surface area contributed by atoms with Crippen molar-refractivity contribution < 1.29 is 20.1 Å². The van der Waals surface area contributed by atoms with Gasteiger partial charge in [-0.25, -0.2) is 4.79 Å². The highest BCUT2D eigenvalue weighted by atomic mass is 16.4. The molecule has 1 rings (SSSR count). The molecule has 3 N–H and O–H groups in total. The third-order valence-corrected chi connectivity index (χ3v) is 2.25. The minimum Gasteiger partial charge on any atom is -0.508 e. The van der Waals surface area contributed by atoms with Crippen LogP contribution >= 0.6 is 0 Å². The van der Waals surface area contributed by atoms with Crippen molar-refractivity contribution in [1.82, 2.24) is 0 Å². The minimum absolute atomic E-state index is 0.129. The second kappa shape index (κ2) is 5.21. The normalized spacial score (nSPS) is 10.0. The SMILES string of the molecule is C=CCCCc1cc(O)cc(O)c1C(=O)O. The Bertz CT molecular complexity index is 410. The van der Waals surface area contributed by atoms with E-state index in [1.165, 1.54) is 6.07 Å². The number of benzene rings is 1. The van der Waals surface area contributed by atoms with E-state index in [2.05, 4.69) is 6.58 Å². The van der Waals surface area contributed by atoms with Crippen LogP contribution in [0.2, 0.25) is 0 Å². The van der Waals surface area contributed by atoms with Crippen LogP contribution in [0.5, 0.6) is 11.5 Å². The van der Waals surface area contributed by atoms with Gasteiger partial charge in [-0.2, -0.15) is 0 Å². The predicted molar refractivity (Wildman–Crippen MR) is 59.9 cm³/mol. The molecule has 4 heteroatoms. The number of aromatic hydroxyl groups is 2. The fourth-order valence-electron chi connectivity index (χ4n) is 1.55. The molecule has 0 aliphatic rings. The van der Waals surface area contributed by atoms with Crippen LogP contribution in [0, 0.1) is 0 Å². The summed E-state index contributed by atoms with van der Waals surface area (Å²) in [5.41, 5.74) is 0.300. The Morgan fingerprint density at radius 2 is 2.06 bits per heavy atom. The largest absolute Gasteiger partial charge is 0.508 e. The molecule has 0 aromatic heterocycles. The molecule has 0 radical (unpaired) electrons. The number of phenols is 2. The first-order valence-corrected chi connectivity index (χ1v) is 4.95. The van der Waals surface area contributed by atoms with Crippen LogP contribution in [-0.4, -0.2) is 21.3 Å². The first-order chi connectivity index (χ1) is 7.56. The van der Waals surface area contributed by atoms with Crippen LogP contribution < -0.4 is 0 Å². The van der Waals surface area contributed by atoms with Crippen molar-refractivity contribution in [3.05, 3.63) is 35.9 Å². The third-order valence-electron chi connectivity index (χ3n) is 2.25. The molecular formula is C12H14O4. The molecule has 1 aromatic rings. The van der Waals surface area contributed by atoms with E-state index in [1.54, 1.807) is 6.08 Å². The Labute approximate surface area is 93.5 Å². The zero-order valence-corrected chi connectivity index (χ0v) is 8.81. The monoisotopic (exact) mass is 222 g/mol. The zero-order valence-electron chi connectivity index (χ0n) is 8.81. The van der Waals surface area contributed by atoms with Crippen molar-refractivity contribution in [3.8, 4) is 11.5 Å². The molecule has 0 atom stereocenters. The van der Waals surface area contributed by atoms with Gasteiger partial charge in [-0.05, 0) is 30.9 Å². The second-order valence-corrected chi connectivity index (χ2v) is 3.49. The number of aryl methyl sites for hydroxylation is 1. The lowest BCUT2D eigenvalue weighted by Crippen LogP contribution is -2.03. The summed E-state index contributed by atoms with van der Waals surface area (Å²) in [7, 11) is 0. The van der Waals surface area contributed by atoms with Gasteiger partial charge in [0.1, 0.15) is 17.1 Å². The van der Waals surface area contributed by atoms with Crippen molar-refractivity contribution in [2.45, 2.75) is 19.3 Å². The van der Waals surface area contributed by atoms with Gasteiger partial charge in [0.25, 0.3) is 0 Å². The molecule has 0 fully saturated rings. The molecule has 0 aliphatic heterocycles. The predicted octanol–water partition coefficient (Wildman–Crippen LogP) is 2.30. The quantitative estimate of drug-likeness (QED) is 0.527. The lowest BCUT2D eigenvalue weighted by Gasteiger charge is -2.08. The number of aromatic carboxylic acids is 1. The van der Waals surface area contributed by atoms with Crippen LogP contribution in [0.1, 0.15) is 28.8 Å². The average molecular weight is 222 g/mol. The molecule has 0 saturated carbocycles. The van der Waals surface area contributed by atoms with Crippen LogP contribution in [0.4, 0.5) is 0 Å². The zero-order chi connectivity index (χ0) is 12.1. The lowest BCUT2D eigenvalue weighted by atomic mass is 10.0. The Balaban J connectivity index is 3.03. The van der Waals surface area contributed by atoms with Crippen molar-refractivity contribution >= 4 is 5.97 Å². The first-order valence-electron chi connectivity index (χ1n) is 4.95. The summed E-state index contributed by atoms with van der Waals surface area (Å²) in [6.45, 7) is 3.57. The van der Waals surface area contributed by atoms with Gasteiger partial charge in [-0.1, -0.05) is 6.08 Å². The smallest absolute Gasteiger partial charge is 0.339 e. The molecule has 0 bridgehead atoms. The molecule has 0 aliphatic carbocycles. The van der Waals surface area contributed by atoms with E-state index in [4.69, 9.17) is 5.11 Å². The molecule has 1 aromatic carbocycles. The van der Waals surface area contributed by atoms with E-state index in [9.17, 15) is 15.0 Å². The molecule has 0 amide bonds. The number of hydrogen-bond acceptors (Lipinski definition) is 3. The Morgan fingerprint density at radius 1 is 1.38 bits per heavy atom. The fraction of sp³-hybridized carbons (Fsp3) is 0.250. The number of rotatable bonds is 5. The summed E-state index contributed by atoms with van der Waals surface area (Å²) >= 11 is 0. The standard InChI is InChI=1S/C12H14O4/c1-2-3-4-5-8-6-9(13)7-10(14)11(8)12(15)16/h2,6-7,13-14H,1,3-5H2,(H,15,16). The van der Waals surface area contributed by atoms with E-state index in [0.717, 1.165) is 18.9 Å². The molecule has 4 nitrogen and oxygen atoms in total. The highest BCUT2D eigenvalue weighted by Crippen LogP contribution is 2.28. The van der Waals surface area contributed by atoms with E-state index in [1.807, 2.05) is 0 Å². The summed E-state index contributed by atoms with van der Waals surface area (Å²) in [6.07, 6.45) is 3.71. The van der Waals surface area contributed by atoms with E-state index in [0.29, 0.717) is 12.0 Å². The highest BCUT2D eigenvalue weighted by Gasteiger charge is 2.16. The Morgan fingerprint density at radius 3 is 2.62 bits per heavy atom. The number of hydrogen-bond donors (Lipinski definition) is 3.